The lowest BCUT2D eigenvalue weighted by Gasteiger charge is -2.38. The van der Waals surface area contributed by atoms with Crippen molar-refractivity contribution in [3.05, 3.63) is 48.5 Å². The molecular weight excluding hydrogens is 386 g/mol. The summed E-state index contributed by atoms with van der Waals surface area (Å²) in [6.45, 7) is 2.57. The molecule has 0 unspecified atom stereocenters. The van der Waals surface area contributed by atoms with Gasteiger partial charge < -0.3 is 29.3 Å². The lowest BCUT2D eigenvalue weighted by molar-refractivity contribution is -0.142. The third kappa shape index (κ3) is 4.49. The molecule has 1 atom stereocenters. The zero-order valence-corrected chi connectivity index (χ0v) is 16.9. The van der Waals surface area contributed by atoms with Crippen LogP contribution < -0.4 is 19.7 Å². The third-order valence-electron chi connectivity index (χ3n) is 5.15. The van der Waals surface area contributed by atoms with E-state index < -0.39 is 6.10 Å². The maximum atomic E-state index is 13.0. The van der Waals surface area contributed by atoms with Gasteiger partial charge in [-0.2, -0.15) is 0 Å². The summed E-state index contributed by atoms with van der Waals surface area (Å²) < 4.78 is 16.5. The molecule has 4 rings (SSSR count). The summed E-state index contributed by atoms with van der Waals surface area (Å²) in [6.07, 6.45) is -0.664. The van der Waals surface area contributed by atoms with Gasteiger partial charge in [0.15, 0.2) is 6.10 Å². The normalized spacial score (nSPS) is 18.2. The molecule has 2 aliphatic rings. The number of morpholine rings is 1. The molecular formula is C22H25N3O5. The van der Waals surface area contributed by atoms with Gasteiger partial charge in [0.05, 0.1) is 39.1 Å². The van der Waals surface area contributed by atoms with Crippen LogP contribution >= 0.6 is 0 Å². The highest BCUT2D eigenvalue weighted by Gasteiger charge is 2.34. The summed E-state index contributed by atoms with van der Waals surface area (Å²) >= 11 is 0. The Bertz CT molecular complexity index is 913. The van der Waals surface area contributed by atoms with Crippen LogP contribution in [0.3, 0.4) is 0 Å². The van der Waals surface area contributed by atoms with Gasteiger partial charge in [-0.25, -0.2) is 0 Å². The van der Waals surface area contributed by atoms with E-state index in [-0.39, 0.29) is 18.4 Å². The van der Waals surface area contributed by atoms with E-state index in [2.05, 4.69) is 5.32 Å². The zero-order chi connectivity index (χ0) is 20.9. The molecule has 158 valence electrons. The van der Waals surface area contributed by atoms with E-state index in [1.807, 2.05) is 41.3 Å². The average molecular weight is 411 g/mol. The minimum absolute atomic E-state index is 0.0778. The maximum absolute atomic E-state index is 13.0. The highest BCUT2D eigenvalue weighted by atomic mass is 16.5. The number of hydrogen-bond acceptors (Lipinski definition) is 6. The number of amides is 2. The Labute approximate surface area is 175 Å². The Morgan fingerprint density at radius 3 is 2.73 bits per heavy atom. The second-order valence-corrected chi connectivity index (χ2v) is 7.17. The smallest absolute Gasteiger partial charge is 0.265 e. The Kier molecular flexibility index (Phi) is 6.04. The molecule has 2 aromatic rings. The van der Waals surface area contributed by atoms with Gasteiger partial charge >= 0.3 is 0 Å². The number of carbonyl (C=O) groups is 2. The van der Waals surface area contributed by atoms with E-state index in [9.17, 15) is 9.59 Å². The fourth-order valence-electron chi connectivity index (χ4n) is 3.65. The van der Waals surface area contributed by atoms with Crippen LogP contribution in [0.4, 0.5) is 11.4 Å². The van der Waals surface area contributed by atoms with E-state index in [1.165, 1.54) is 0 Å². The largest absolute Gasteiger partial charge is 0.497 e. The first-order chi connectivity index (χ1) is 14.6. The SMILES string of the molecule is COc1cccc(NC(=O)CN2C[C@@H](C(=O)N3CCOCC3)Oc3ccccc32)c1. The van der Waals surface area contributed by atoms with Gasteiger partial charge in [-0.3, -0.25) is 9.59 Å². The molecule has 2 aliphatic heterocycles. The number of hydrogen-bond donors (Lipinski definition) is 1. The number of benzene rings is 2. The second kappa shape index (κ2) is 9.04. The second-order valence-electron chi connectivity index (χ2n) is 7.17. The molecule has 30 heavy (non-hydrogen) atoms. The van der Waals surface area contributed by atoms with Crippen LogP contribution in [0.5, 0.6) is 11.5 Å². The first kappa shape index (κ1) is 20.0. The molecule has 2 amide bonds. The number of fused-ring (bicyclic) bond motifs is 1. The number of nitrogens with zero attached hydrogens (tertiary/aromatic N) is 2. The fourth-order valence-corrected chi connectivity index (χ4v) is 3.65. The molecule has 0 radical (unpaired) electrons. The van der Waals surface area contributed by atoms with Crippen LogP contribution in [0.25, 0.3) is 0 Å². The van der Waals surface area contributed by atoms with Crippen molar-refractivity contribution in [2.75, 3.05) is 56.7 Å². The molecule has 2 aromatic carbocycles. The number of carbonyl (C=O) groups excluding carboxylic acids is 2. The zero-order valence-electron chi connectivity index (χ0n) is 16.9. The van der Waals surface area contributed by atoms with Crippen LogP contribution in [-0.2, 0) is 14.3 Å². The summed E-state index contributed by atoms with van der Waals surface area (Å²) in [5.41, 5.74) is 1.45. The molecule has 0 aliphatic carbocycles. The molecule has 0 aromatic heterocycles. The molecule has 8 heteroatoms. The Morgan fingerprint density at radius 1 is 1.13 bits per heavy atom. The van der Waals surface area contributed by atoms with E-state index in [0.29, 0.717) is 50.0 Å². The molecule has 8 nitrogen and oxygen atoms in total. The summed E-state index contributed by atoms with van der Waals surface area (Å²) in [5.74, 6) is 1.01. The minimum Gasteiger partial charge on any atom is -0.497 e. The Balaban J connectivity index is 1.48. The van der Waals surface area contributed by atoms with E-state index in [4.69, 9.17) is 14.2 Å². The maximum Gasteiger partial charge on any atom is 0.265 e. The number of methoxy groups -OCH3 is 1. The predicted octanol–water partition coefficient (Wildman–Crippen LogP) is 1.76. The van der Waals surface area contributed by atoms with Crippen LogP contribution in [-0.4, -0.2) is 69.3 Å². The number of anilines is 2. The molecule has 1 N–H and O–H groups in total. The summed E-state index contributed by atoms with van der Waals surface area (Å²) in [5, 5.41) is 2.89. The van der Waals surface area contributed by atoms with Crippen molar-refractivity contribution in [2.24, 2.45) is 0 Å². The highest BCUT2D eigenvalue weighted by molar-refractivity contribution is 5.95. The fraction of sp³-hybridized carbons (Fsp3) is 0.364. The van der Waals surface area contributed by atoms with Crippen molar-refractivity contribution in [2.45, 2.75) is 6.10 Å². The number of rotatable bonds is 5. The van der Waals surface area contributed by atoms with Crippen LogP contribution in [0.15, 0.2) is 48.5 Å². The molecule has 0 spiro atoms. The molecule has 0 bridgehead atoms. The average Bonchev–Trinajstić information content (AvgIpc) is 2.79. The van der Waals surface area contributed by atoms with Gasteiger partial charge in [-0.15, -0.1) is 0 Å². The summed E-state index contributed by atoms with van der Waals surface area (Å²) in [4.78, 5) is 29.3. The van der Waals surface area contributed by atoms with Gasteiger partial charge in [-0.05, 0) is 24.3 Å². The highest BCUT2D eigenvalue weighted by Crippen LogP contribution is 2.33. The molecule has 1 saturated heterocycles. The molecule has 1 fully saturated rings. The van der Waals surface area contributed by atoms with Crippen LogP contribution in [0.2, 0.25) is 0 Å². The van der Waals surface area contributed by atoms with Crippen LogP contribution in [0.1, 0.15) is 0 Å². The first-order valence-corrected chi connectivity index (χ1v) is 9.95. The lowest BCUT2D eigenvalue weighted by Crippen LogP contribution is -2.53. The number of para-hydroxylation sites is 2. The van der Waals surface area contributed by atoms with Crippen molar-refractivity contribution in [1.29, 1.82) is 0 Å². The predicted molar refractivity (Wildman–Crippen MR) is 112 cm³/mol. The Hall–Kier alpha value is -3.26. The van der Waals surface area contributed by atoms with E-state index in [1.54, 1.807) is 24.1 Å². The van der Waals surface area contributed by atoms with Crippen molar-refractivity contribution in [3.8, 4) is 11.5 Å². The van der Waals surface area contributed by atoms with Gasteiger partial charge in [0, 0.05) is 24.8 Å². The van der Waals surface area contributed by atoms with E-state index >= 15 is 0 Å². The van der Waals surface area contributed by atoms with Gasteiger partial charge in [0.1, 0.15) is 11.5 Å². The van der Waals surface area contributed by atoms with Crippen molar-refractivity contribution >= 4 is 23.2 Å². The minimum atomic E-state index is -0.664. The number of nitrogens with one attached hydrogen (secondary N) is 1. The monoisotopic (exact) mass is 411 g/mol. The standard InChI is InChI=1S/C22H25N3O5/c1-28-17-6-4-5-16(13-17)23-21(26)15-25-14-20(22(27)24-9-11-29-12-10-24)30-19-8-3-2-7-18(19)25/h2-8,13,20H,9-12,14-15H2,1H3,(H,23,26)/t20-/m0/s1. The van der Waals surface area contributed by atoms with Crippen molar-refractivity contribution in [1.82, 2.24) is 4.90 Å². The van der Waals surface area contributed by atoms with Crippen molar-refractivity contribution in [3.63, 3.8) is 0 Å². The molecule has 2 heterocycles. The molecule has 0 saturated carbocycles. The summed E-state index contributed by atoms with van der Waals surface area (Å²) in [6, 6.07) is 14.7. The van der Waals surface area contributed by atoms with Gasteiger partial charge in [-0.1, -0.05) is 18.2 Å². The van der Waals surface area contributed by atoms with E-state index in [0.717, 1.165) is 5.69 Å². The van der Waals surface area contributed by atoms with Gasteiger partial charge in [0.25, 0.3) is 5.91 Å². The summed E-state index contributed by atoms with van der Waals surface area (Å²) in [7, 11) is 1.58. The topological polar surface area (TPSA) is 80.3 Å². The van der Waals surface area contributed by atoms with Crippen molar-refractivity contribution < 1.29 is 23.8 Å². The van der Waals surface area contributed by atoms with Gasteiger partial charge in [0.2, 0.25) is 5.91 Å². The quantitative estimate of drug-likeness (QED) is 0.808. The number of ether oxygens (including phenoxy) is 3. The first-order valence-electron chi connectivity index (χ1n) is 9.95. The lowest BCUT2D eigenvalue weighted by atomic mass is 10.1. The van der Waals surface area contributed by atoms with Crippen LogP contribution in [0, 0.1) is 0 Å². The Morgan fingerprint density at radius 2 is 1.93 bits per heavy atom. The third-order valence-corrected chi connectivity index (χ3v) is 5.15.